The van der Waals surface area contributed by atoms with Crippen LogP contribution < -0.4 is 4.90 Å². The number of nitrogens with zero attached hydrogens (tertiary/aromatic N) is 3. The minimum absolute atomic E-state index is 0.00213. The van der Waals surface area contributed by atoms with Gasteiger partial charge in [0.05, 0.1) is 11.3 Å². The van der Waals surface area contributed by atoms with Crippen molar-refractivity contribution in [3.8, 4) is 0 Å². The van der Waals surface area contributed by atoms with E-state index in [2.05, 4.69) is 13.8 Å². The van der Waals surface area contributed by atoms with Crippen molar-refractivity contribution < 1.29 is 14.4 Å². The highest BCUT2D eigenvalue weighted by Crippen LogP contribution is 2.33. The van der Waals surface area contributed by atoms with Gasteiger partial charge in [-0.05, 0) is 58.1 Å². The van der Waals surface area contributed by atoms with E-state index in [4.69, 9.17) is 0 Å². The van der Waals surface area contributed by atoms with Crippen LogP contribution in [0.2, 0.25) is 0 Å². The van der Waals surface area contributed by atoms with Gasteiger partial charge in [-0.3, -0.25) is 14.4 Å². The summed E-state index contributed by atoms with van der Waals surface area (Å²) in [5.74, 6) is -0.260. The molecule has 0 bridgehead atoms. The second-order valence-electron chi connectivity index (χ2n) is 8.03. The third kappa shape index (κ3) is 3.01. The summed E-state index contributed by atoms with van der Waals surface area (Å²) in [7, 11) is 0. The monoisotopic (exact) mass is 369 g/mol. The van der Waals surface area contributed by atoms with Crippen molar-refractivity contribution in [3.05, 3.63) is 29.8 Å². The number of hydrogen-bond donors (Lipinski definition) is 0. The summed E-state index contributed by atoms with van der Waals surface area (Å²) < 4.78 is 0. The van der Waals surface area contributed by atoms with Gasteiger partial charge in [-0.25, -0.2) is 0 Å². The van der Waals surface area contributed by atoms with E-state index in [-0.39, 0.29) is 36.3 Å². The van der Waals surface area contributed by atoms with Crippen molar-refractivity contribution >= 4 is 23.4 Å². The van der Waals surface area contributed by atoms with E-state index in [0.717, 1.165) is 25.7 Å². The summed E-state index contributed by atoms with van der Waals surface area (Å²) in [6.07, 6.45) is 4.61. The Bertz CT molecular complexity index is 768. The van der Waals surface area contributed by atoms with E-state index in [9.17, 15) is 14.4 Å². The van der Waals surface area contributed by atoms with Gasteiger partial charge in [0.25, 0.3) is 5.91 Å². The van der Waals surface area contributed by atoms with E-state index in [0.29, 0.717) is 24.2 Å². The largest absolute Gasteiger partial charge is 0.336 e. The molecule has 3 aliphatic rings. The van der Waals surface area contributed by atoms with Gasteiger partial charge < -0.3 is 14.7 Å². The maximum absolute atomic E-state index is 13.3. The molecule has 0 aliphatic carbocycles. The molecular weight excluding hydrogens is 342 g/mol. The van der Waals surface area contributed by atoms with Gasteiger partial charge in [0, 0.05) is 18.6 Å². The average molecular weight is 369 g/mol. The Labute approximate surface area is 160 Å². The van der Waals surface area contributed by atoms with E-state index in [1.54, 1.807) is 21.9 Å². The van der Waals surface area contributed by atoms with Crippen LogP contribution in [0, 0.1) is 0 Å². The molecule has 2 saturated heterocycles. The molecule has 1 aromatic carbocycles. The molecule has 0 N–H and O–H groups in total. The summed E-state index contributed by atoms with van der Waals surface area (Å²) in [6, 6.07) is 7.09. The van der Waals surface area contributed by atoms with Crippen LogP contribution in [0.25, 0.3) is 0 Å². The molecule has 2 unspecified atom stereocenters. The van der Waals surface area contributed by atoms with Gasteiger partial charge in [-0.1, -0.05) is 12.1 Å². The van der Waals surface area contributed by atoms with E-state index in [1.807, 2.05) is 17.0 Å². The van der Waals surface area contributed by atoms with E-state index >= 15 is 0 Å². The number of amides is 3. The molecule has 6 heteroatoms. The number of para-hydroxylation sites is 1. The predicted octanol–water partition coefficient (Wildman–Crippen LogP) is 2.43. The minimum atomic E-state index is -0.450. The van der Waals surface area contributed by atoms with Gasteiger partial charge in [0.15, 0.2) is 0 Å². The smallest absolute Gasteiger partial charge is 0.256 e. The normalized spacial score (nSPS) is 28.1. The zero-order valence-corrected chi connectivity index (χ0v) is 16.1. The maximum atomic E-state index is 13.3. The quantitative estimate of drug-likeness (QED) is 0.804. The Morgan fingerprint density at radius 3 is 2.48 bits per heavy atom. The lowest BCUT2D eigenvalue weighted by Gasteiger charge is -2.40. The number of fused-ring (bicyclic) bond motifs is 2. The first-order chi connectivity index (χ1) is 13.0. The van der Waals surface area contributed by atoms with Gasteiger partial charge in [-0.15, -0.1) is 0 Å². The van der Waals surface area contributed by atoms with Crippen molar-refractivity contribution in [2.45, 2.75) is 64.1 Å². The summed E-state index contributed by atoms with van der Waals surface area (Å²) >= 11 is 0. The first-order valence-electron chi connectivity index (χ1n) is 10.0. The lowest BCUT2D eigenvalue weighted by molar-refractivity contribution is -0.137. The molecular formula is C21H27N3O3. The Balaban J connectivity index is 1.68. The first-order valence-corrected chi connectivity index (χ1v) is 10.0. The fourth-order valence-corrected chi connectivity index (χ4v) is 4.90. The molecule has 3 atom stereocenters. The van der Waals surface area contributed by atoms with Crippen molar-refractivity contribution in [2.24, 2.45) is 0 Å². The molecule has 0 aromatic heterocycles. The Kier molecular flexibility index (Phi) is 4.66. The van der Waals surface area contributed by atoms with Crippen LogP contribution in [0.1, 0.15) is 56.3 Å². The van der Waals surface area contributed by atoms with Gasteiger partial charge in [-0.2, -0.15) is 0 Å². The SMILES string of the molecule is CC1CCCC(C)N1C(=O)CN1C(=O)[C@@H]2CCCN2C(=O)c2ccccc21. The molecule has 3 amide bonds. The van der Waals surface area contributed by atoms with Gasteiger partial charge in [0.1, 0.15) is 12.6 Å². The number of carbonyl (C=O) groups excluding carboxylic acids is 3. The molecule has 0 saturated carbocycles. The molecule has 3 aliphatic heterocycles. The lowest BCUT2D eigenvalue weighted by Crippen LogP contribution is -2.53. The number of benzene rings is 1. The zero-order chi connectivity index (χ0) is 19.1. The van der Waals surface area contributed by atoms with Crippen LogP contribution in [0.5, 0.6) is 0 Å². The molecule has 0 spiro atoms. The van der Waals surface area contributed by atoms with E-state index in [1.165, 1.54) is 0 Å². The minimum Gasteiger partial charge on any atom is -0.336 e. The highest BCUT2D eigenvalue weighted by Gasteiger charge is 2.43. The van der Waals surface area contributed by atoms with Crippen LogP contribution in [0.4, 0.5) is 5.69 Å². The van der Waals surface area contributed by atoms with Crippen LogP contribution in [0.3, 0.4) is 0 Å². The standard InChI is InChI=1S/C21H27N3O3/c1-14-7-5-8-15(2)24(14)19(25)13-23-17-10-4-3-9-16(17)20(26)22-12-6-11-18(22)21(23)27/h3-4,9-10,14-15,18H,5-8,11-13H2,1-2H3/t14?,15?,18-/m0/s1. The molecule has 0 radical (unpaired) electrons. The van der Waals surface area contributed by atoms with Crippen molar-refractivity contribution in [1.29, 1.82) is 0 Å². The van der Waals surface area contributed by atoms with Crippen LogP contribution in [-0.2, 0) is 9.59 Å². The number of likely N-dealkylation sites (tertiary alicyclic amines) is 1. The van der Waals surface area contributed by atoms with Gasteiger partial charge in [0.2, 0.25) is 11.8 Å². The number of anilines is 1. The number of piperidine rings is 1. The second kappa shape index (κ2) is 6.98. The average Bonchev–Trinajstić information content (AvgIpc) is 3.12. The fourth-order valence-electron chi connectivity index (χ4n) is 4.90. The third-order valence-electron chi connectivity index (χ3n) is 6.26. The Morgan fingerprint density at radius 2 is 1.74 bits per heavy atom. The van der Waals surface area contributed by atoms with Crippen molar-refractivity contribution in [2.75, 3.05) is 18.0 Å². The zero-order valence-electron chi connectivity index (χ0n) is 16.1. The van der Waals surface area contributed by atoms with Crippen LogP contribution in [0.15, 0.2) is 24.3 Å². The fraction of sp³-hybridized carbons (Fsp3) is 0.571. The summed E-state index contributed by atoms with van der Waals surface area (Å²) in [4.78, 5) is 44.6. The molecule has 4 rings (SSSR count). The molecule has 6 nitrogen and oxygen atoms in total. The lowest BCUT2D eigenvalue weighted by atomic mass is 9.97. The maximum Gasteiger partial charge on any atom is 0.256 e. The van der Waals surface area contributed by atoms with Crippen LogP contribution >= 0.6 is 0 Å². The Morgan fingerprint density at radius 1 is 1.04 bits per heavy atom. The number of carbonyl (C=O) groups is 3. The highest BCUT2D eigenvalue weighted by atomic mass is 16.2. The van der Waals surface area contributed by atoms with Crippen molar-refractivity contribution in [1.82, 2.24) is 9.80 Å². The predicted molar refractivity (Wildman–Crippen MR) is 102 cm³/mol. The summed E-state index contributed by atoms with van der Waals surface area (Å²) in [6.45, 7) is 4.76. The number of rotatable bonds is 2. The molecule has 2 fully saturated rings. The Hall–Kier alpha value is -2.37. The van der Waals surface area contributed by atoms with Crippen LogP contribution in [-0.4, -0.2) is 58.7 Å². The molecule has 144 valence electrons. The van der Waals surface area contributed by atoms with Gasteiger partial charge >= 0.3 is 0 Å². The first kappa shape index (κ1) is 18.0. The molecule has 1 aromatic rings. The van der Waals surface area contributed by atoms with Crippen molar-refractivity contribution in [3.63, 3.8) is 0 Å². The molecule has 27 heavy (non-hydrogen) atoms. The molecule has 3 heterocycles. The third-order valence-corrected chi connectivity index (χ3v) is 6.26. The number of hydrogen-bond acceptors (Lipinski definition) is 3. The highest BCUT2D eigenvalue weighted by molar-refractivity contribution is 6.12. The van der Waals surface area contributed by atoms with E-state index < -0.39 is 6.04 Å². The summed E-state index contributed by atoms with van der Waals surface area (Å²) in [5, 5.41) is 0. The second-order valence-corrected chi connectivity index (χ2v) is 8.03. The summed E-state index contributed by atoms with van der Waals surface area (Å²) in [5.41, 5.74) is 1.08. The topological polar surface area (TPSA) is 60.9 Å².